The number of anilines is 2. The lowest BCUT2D eigenvalue weighted by molar-refractivity contribution is 0.499. The smallest absolute Gasteiger partial charge is 0.144 e. The minimum Gasteiger partial charge on any atom is -0.386 e. The van der Waals surface area contributed by atoms with Crippen LogP contribution < -0.4 is 16.0 Å². The topological polar surface area (TPSA) is 109 Å². The molecule has 5 aromatic rings. The van der Waals surface area contributed by atoms with Gasteiger partial charge in [-0.05, 0) is 48.7 Å². The minimum absolute atomic E-state index is 0.113. The number of nitrogens with zero attached hydrogens (tertiary/aromatic N) is 5. The SMILES string of the molecule is CNc1cc(F)cc2c1[nH]c1nc(Cc3cnc4cccnc4c3)nc(N3CC(N)C4(CC4)C3)c12. The van der Waals surface area contributed by atoms with Crippen LogP contribution in [0.25, 0.3) is 33.0 Å². The number of pyridine rings is 2. The maximum atomic E-state index is 14.5. The van der Waals surface area contributed by atoms with Gasteiger partial charge in [-0.15, -0.1) is 0 Å². The zero-order valence-corrected chi connectivity index (χ0v) is 19.3. The third-order valence-corrected chi connectivity index (χ3v) is 7.59. The number of halogens is 1. The van der Waals surface area contributed by atoms with Crippen LogP contribution in [0.5, 0.6) is 0 Å². The zero-order chi connectivity index (χ0) is 23.7. The molecule has 1 spiro atoms. The number of H-pyrrole nitrogens is 1. The van der Waals surface area contributed by atoms with Crippen LogP contribution in [0.15, 0.2) is 42.7 Å². The Morgan fingerprint density at radius 1 is 1.20 bits per heavy atom. The lowest BCUT2D eigenvalue weighted by Gasteiger charge is -2.19. The van der Waals surface area contributed by atoms with E-state index < -0.39 is 0 Å². The molecule has 1 aromatic carbocycles. The van der Waals surface area contributed by atoms with Crippen molar-refractivity contribution in [3.8, 4) is 0 Å². The number of hydrogen-bond acceptors (Lipinski definition) is 7. The van der Waals surface area contributed by atoms with Gasteiger partial charge >= 0.3 is 0 Å². The fourth-order valence-corrected chi connectivity index (χ4v) is 5.51. The van der Waals surface area contributed by atoms with Gasteiger partial charge in [0.15, 0.2) is 0 Å². The monoisotopic (exact) mass is 468 g/mol. The fraction of sp³-hybridized carbons (Fsp3) is 0.308. The molecule has 8 nitrogen and oxygen atoms in total. The summed E-state index contributed by atoms with van der Waals surface area (Å²) < 4.78 is 14.5. The van der Waals surface area contributed by atoms with E-state index in [0.717, 1.165) is 64.6 Å². The van der Waals surface area contributed by atoms with Crippen molar-refractivity contribution in [2.45, 2.75) is 25.3 Å². The molecule has 2 aliphatic rings. The van der Waals surface area contributed by atoms with Crippen LogP contribution in [-0.4, -0.2) is 51.1 Å². The zero-order valence-electron chi connectivity index (χ0n) is 19.3. The molecule has 0 bridgehead atoms. The van der Waals surface area contributed by atoms with Gasteiger partial charge in [-0.3, -0.25) is 9.97 Å². The molecule has 1 saturated heterocycles. The summed E-state index contributed by atoms with van der Waals surface area (Å²) in [4.78, 5) is 24.6. The Hall–Kier alpha value is -3.85. The van der Waals surface area contributed by atoms with Gasteiger partial charge < -0.3 is 20.9 Å². The fourth-order valence-electron chi connectivity index (χ4n) is 5.51. The Bertz CT molecular complexity index is 1620. The normalized spacial score (nSPS) is 18.8. The van der Waals surface area contributed by atoms with Crippen LogP contribution in [-0.2, 0) is 6.42 Å². The molecule has 1 aliphatic heterocycles. The van der Waals surface area contributed by atoms with E-state index in [1.807, 2.05) is 24.4 Å². The number of aromatic nitrogens is 5. The average molecular weight is 469 g/mol. The number of aromatic amines is 1. The van der Waals surface area contributed by atoms with Gasteiger partial charge in [-0.25, -0.2) is 14.4 Å². The van der Waals surface area contributed by atoms with Crippen molar-refractivity contribution in [2.75, 3.05) is 30.4 Å². The Morgan fingerprint density at radius 3 is 2.89 bits per heavy atom. The summed E-state index contributed by atoms with van der Waals surface area (Å²) >= 11 is 0. The first kappa shape index (κ1) is 20.5. The number of nitrogens with two attached hydrogens (primary N) is 1. The van der Waals surface area contributed by atoms with Crippen molar-refractivity contribution in [2.24, 2.45) is 11.1 Å². The van der Waals surface area contributed by atoms with Gasteiger partial charge in [-0.1, -0.05) is 0 Å². The van der Waals surface area contributed by atoms with Gasteiger partial charge in [0.25, 0.3) is 0 Å². The van der Waals surface area contributed by atoms with E-state index in [4.69, 9.17) is 15.7 Å². The molecule has 0 radical (unpaired) electrons. The summed E-state index contributed by atoms with van der Waals surface area (Å²) in [5, 5.41) is 4.70. The predicted octanol–water partition coefficient (Wildman–Crippen LogP) is 3.75. The van der Waals surface area contributed by atoms with Crippen molar-refractivity contribution in [1.29, 1.82) is 0 Å². The lowest BCUT2D eigenvalue weighted by atomic mass is 10.0. The first-order valence-corrected chi connectivity index (χ1v) is 11.9. The molecule has 5 heterocycles. The van der Waals surface area contributed by atoms with Gasteiger partial charge in [0.2, 0.25) is 0 Å². The number of nitrogens with one attached hydrogen (secondary N) is 2. The van der Waals surface area contributed by atoms with E-state index >= 15 is 0 Å². The summed E-state index contributed by atoms with van der Waals surface area (Å²) in [5.74, 6) is 1.19. The molecule has 0 amide bonds. The highest BCUT2D eigenvalue weighted by atomic mass is 19.1. The Kier molecular flexibility index (Phi) is 4.29. The highest BCUT2D eigenvalue weighted by Crippen LogP contribution is 2.53. The molecule has 1 aliphatic carbocycles. The third kappa shape index (κ3) is 3.22. The molecule has 1 saturated carbocycles. The third-order valence-electron chi connectivity index (χ3n) is 7.59. The Balaban J connectivity index is 1.40. The van der Waals surface area contributed by atoms with Crippen molar-refractivity contribution >= 4 is 44.5 Å². The quantitative estimate of drug-likeness (QED) is 0.369. The molecular formula is C26H25FN8. The maximum Gasteiger partial charge on any atom is 0.144 e. The van der Waals surface area contributed by atoms with Gasteiger partial charge in [-0.2, -0.15) is 0 Å². The summed E-state index contributed by atoms with van der Waals surface area (Å²) in [6.45, 7) is 1.59. The summed E-state index contributed by atoms with van der Waals surface area (Å²) in [6.07, 6.45) is 6.42. The van der Waals surface area contributed by atoms with E-state index in [1.54, 1.807) is 19.3 Å². The number of hydrogen-bond donors (Lipinski definition) is 3. The highest BCUT2D eigenvalue weighted by Gasteiger charge is 2.54. The van der Waals surface area contributed by atoms with Crippen molar-refractivity contribution < 1.29 is 4.39 Å². The Morgan fingerprint density at radius 2 is 2.09 bits per heavy atom. The van der Waals surface area contributed by atoms with E-state index in [0.29, 0.717) is 23.6 Å². The molecule has 4 N–H and O–H groups in total. The van der Waals surface area contributed by atoms with Crippen LogP contribution in [0.1, 0.15) is 24.2 Å². The molecule has 2 fully saturated rings. The standard InChI is InChI=1S/C26H25FN8/c1-29-19-10-15(27)9-16-22-24(34-23(16)19)32-21(8-14-7-18-17(31-11-14)3-2-6-30-18)33-25(22)35-12-20(28)26(13-35)4-5-26/h2-3,6-7,9-11,20,29H,4-5,8,12-13,28H2,1H3,(H,32,33,34). The van der Waals surface area contributed by atoms with E-state index in [9.17, 15) is 4.39 Å². The first-order valence-electron chi connectivity index (χ1n) is 11.9. The van der Waals surface area contributed by atoms with Gasteiger partial charge in [0, 0.05) is 55.8 Å². The second kappa shape index (κ2) is 7.32. The minimum atomic E-state index is -0.302. The first-order chi connectivity index (χ1) is 17.0. The summed E-state index contributed by atoms with van der Waals surface area (Å²) in [6, 6.07) is 9.01. The number of rotatable bonds is 4. The molecule has 1 unspecified atom stereocenters. The number of benzene rings is 1. The largest absolute Gasteiger partial charge is 0.386 e. The van der Waals surface area contributed by atoms with Gasteiger partial charge in [0.05, 0.1) is 27.6 Å². The molecule has 35 heavy (non-hydrogen) atoms. The molecule has 7 rings (SSSR count). The molecule has 1 atom stereocenters. The van der Waals surface area contributed by atoms with E-state index in [2.05, 4.69) is 25.2 Å². The van der Waals surface area contributed by atoms with E-state index in [-0.39, 0.29) is 17.3 Å². The van der Waals surface area contributed by atoms with Crippen LogP contribution in [0, 0.1) is 11.2 Å². The molecule has 9 heteroatoms. The van der Waals surface area contributed by atoms with Crippen molar-refractivity contribution in [1.82, 2.24) is 24.9 Å². The van der Waals surface area contributed by atoms with Crippen LogP contribution in [0.2, 0.25) is 0 Å². The maximum absolute atomic E-state index is 14.5. The predicted molar refractivity (Wildman–Crippen MR) is 135 cm³/mol. The van der Waals surface area contributed by atoms with Crippen LogP contribution >= 0.6 is 0 Å². The molecule has 4 aromatic heterocycles. The van der Waals surface area contributed by atoms with E-state index in [1.165, 1.54) is 6.07 Å². The van der Waals surface area contributed by atoms with Crippen molar-refractivity contribution in [3.05, 3.63) is 59.9 Å². The Labute approximate surface area is 200 Å². The summed E-state index contributed by atoms with van der Waals surface area (Å²) in [5.41, 5.74) is 11.6. The number of fused-ring (bicyclic) bond motifs is 4. The van der Waals surface area contributed by atoms with Crippen molar-refractivity contribution in [3.63, 3.8) is 0 Å². The van der Waals surface area contributed by atoms with Crippen LogP contribution in [0.3, 0.4) is 0 Å². The second-order valence-electron chi connectivity index (χ2n) is 9.85. The summed E-state index contributed by atoms with van der Waals surface area (Å²) in [7, 11) is 1.79. The molecular weight excluding hydrogens is 443 g/mol. The average Bonchev–Trinajstić information content (AvgIpc) is 3.45. The highest BCUT2D eigenvalue weighted by molar-refractivity contribution is 6.14. The lowest BCUT2D eigenvalue weighted by Crippen LogP contribution is -2.30. The second-order valence-corrected chi connectivity index (χ2v) is 9.85. The van der Waals surface area contributed by atoms with Gasteiger partial charge in [0.1, 0.15) is 23.1 Å². The molecule has 176 valence electrons. The van der Waals surface area contributed by atoms with Crippen LogP contribution in [0.4, 0.5) is 15.9 Å².